The molecule has 0 aromatic heterocycles. The number of anilines is 1. The van der Waals surface area contributed by atoms with E-state index in [0.717, 1.165) is 18.2 Å². The van der Waals surface area contributed by atoms with Crippen molar-refractivity contribution >= 4 is 35.5 Å². The zero-order valence-corrected chi connectivity index (χ0v) is 16.7. The predicted molar refractivity (Wildman–Crippen MR) is 110 cm³/mol. The van der Waals surface area contributed by atoms with E-state index in [1.165, 1.54) is 0 Å². The number of hydrogen-bond acceptors (Lipinski definition) is 6. The number of methoxy groups -OCH3 is 1. The van der Waals surface area contributed by atoms with Gasteiger partial charge in [-0.15, -0.1) is 0 Å². The maximum absolute atomic E-state index is 12.6. The number of urea groups is 1. The monoisotopic (exact) mass is 402 g/mol. The zero-order valence-electron chi connectivity index (χ0n) is 15.9. The molecule has 3 heterocycles. The lowest BCUT2D eigenvalue weighted by molar-refractivity contribution is 0.166. The molecule has 0 saturated carbocycles. The van der Waals surface area contributed by atoms with Crippen molar-refractivity contribution in [3.63, 3.8) is 0 Å². The van der Waals surface area contributed by atoms with E-state index in [-0.39, 0.29) is 6.03 Å². The number of hydrogen-bond donors (Lipinski definition) is 1. The van der Waals surface area contributed by atoms with Crippen LogP contribution in [0.5, 0.6) is 5.75 Å². The summed E-state index contributed by atoms with van der Waals surface area (Å²) in [5.41, 5.74) is 0.565. The van der Waals surface area contributed by atoms with Crippen LogP contribution in [0.25, 0.3) is 0 Å². The number of aliphatic imine (C=N–C) groups is 2. The summed E-state index contributed by atoms with van der Waals surface area (Å²) in [7, 11) is 1.56. The van der Waals surface area contributed by atoms with Crippen LogP contribution in [0.15, 0.2) is 40.1 Å². The van der Waals surface area contributed by atoms with E-state index in [9.17, 15) is 4.79 Å². The number of amides is 2. The van der Waals surface area contributed by atoms with Crippen LogP contribution in [0, 0.1) is 0 Å². The summed E-state index contributed by atoms with van der Waals surface area (Å²) >= 11 is 6.04. The third kappa shape index (κ3) is 3.77. The van der Waals surface area contributed by atoms with Crippen molar-refractivity contribution in [3.8, 4) is 5.75 Å². The normalized spacial score (nSPS) is 21.2. The van der Waals surface area contributed by atoms with E-state index in [4.69, 9.17) is 16.3 Å². The van der Waals surface area contributed by atoms with Gasteiger partial charge in [-0.1, -0.05) is 11.6 Å². The van der Waals surface area contributed by atoms with Gasteiger partial charge in [-0.05, 0) is 25.1 Å². The van der Waals surface area contributed by atoms with Gasteiger partial charge in [-0.25, -0.2) is 9.79 Å². The van der Waals surface area contributed by atoms with Crippen molar-refractivity contribution < 1.29 is 9.53 Å². The van der Waals surface area contributed by atoms with Crippen molar-refractivity contribution in [2.45, 2.75) is 13.0 Å². The number of nitrogens with one attached hydrogen (secondary N) is 1. The van der Waals surface area contributed by atoms with Gasteiger partial charge in [0.1, 0.15) is 17.4 Å². The average Bonchev–Trinajstić information content (AvgIpc) is 3.07. The van der Waals surface area contributed by atoms with Gasteiger partial charge in [0.15, 0.2) is 0 Å². The number of nitrogens with zero attached hydrogens (tertiary/aromatic N) is 5. The minimum absolute atomic E-state index is 0.165. The number of carbonyl (C=O) groups is 1. The van der Waals surface area contributed by atoms with Crippen molar-refractivity contribution in [2.24, 2.45) is 9.98 Å². The fraction of sp³-hybridized carbons (Fsp3) is 0.421. The summed E-state index contributed by atoms with van der Waals surface area (Å²) in [6.07, 6.45) is 3.87. The minimum Gasteiger partial charge on any atom is -0.495 e. The molecule has 0 aliphatic carbocycles. The first-order valence-corrected chi connectivity index (χ1v) is 9.66. The molecular weight excluding hydrogens is 380 g/mol. The molecule has 1 fully saturated rings. The molecule has 1 atom stereocenters. The first-order valence-electron chi connectivity index (χ1n) is 9.28. The summed E-state index contributed by atoms with van der Waals surface area (Å²) in [4.78, 5) is 27.9. The van der Waals surface area contributed by atoms with E-state index in [0.29, 0.717) is 48.7 Å². The Morgan fingerprint density at radius 3 is 2.82 bits per heavy atom. The van der Waals surface area contributed by atoms with E-state index in [1.807, 2.05) is 12.4 Å². The third-order valence-corrected chi connectivity index (χ3v) is 5.22. The molecule has 9 heteroatoms. The third-order valence-electron chi connectivity index (χ3n) is 4.99. The molecule has 0 radical (unpaired) electrons. The molecular formula is C19H23ClN6O2. The molecule has 3 aliphatic heterocycles. The highest BCUT2D eigenvalue weighted by molar-refractivity contribution is 6.31. The number of rotatable bonds is 3. The number of fused-ring (bicyclic) bond motifs is 1. The van der Waals surface area contributed by atoms with Crippen LogP contribution in [0.4, 0.5) is 10.5 Å². The van der Waals surface area contributed by atoms with Crippen LogP contribution in [0.2, 0.25) is 5.02 Å². The van der Waals surface area contributed by atoms with Crippen molar-refractivity contribution in [2.75, 3.05) is 45.2 Å². The molecule has 1 N–H and O–H groups in total. The number of piperazine rings is 1. The van der Waals surface area contributed by atoms with E-state index in [2.05, 4.69) is 32.0 Å². The number of benzene rings is 1. The minimum atomic E-state index is -0.165. The van der Waals surface area contributed by atoms with Crippen molar-refractivity contribution in [1.29, 1.82) is 0 Å². The summed E-state index contributed by atoms with van der Waals surface area (Å²) in [5, 5.41) is 3.43. The number of amidine groups is 1. The molecule has 0 unspecified atom stereocenters. The highest BCUT2D eigenvalue weighted by Crippen LogP contribution is 2.28. The highest BCUT2D eigenvalue weighted by Gasteiger charge is 2.27. The summed E-state index contributed by atoms with van der Waals surface area (Å²) < 4.78 is 5.29. The Kier molecular flexibility index (Phi) is 5.13. The summed E-state index contributed by atoms with van der Waals surface area (Å²) in [5.74, 6) is 2.44. The first kappa shape index (κ1) is 18.6. The van der Waals surface area contributed by atoms with E-state index < -0.39 is 0 Å². The largest absolute Gasteiger partial charge is 0.495 e. The molecule has 0 bridgehead atoms. The fourth-order valence-electron chi connectivity index (χ4n) is 3.51. The molecule has 148 valence electrons. The van der Waals surface area contributed by atoms with Crippen LogP contribution in [-0.2, 0) is 0 Å². The lowest BCUT2D eigenvalue weighted by Crippen LogP contribution is -2.50. The number of carbonyl (C=O) groups excluding carboxylic acids is 1. The van der Waals surface area contributed by atoms with Gasteiger partial charge in [-0.3, -0.25) is 4.99 Å². The molecule has 0 spiro atoms. The summed E-state index contributed by atoms with van der Waals surface area (Å²) in [6, 6.07) is 5.27. The molecule has 1 aromatic carbocycles. The Morgan fingerprint density at radius 1 is 1.29 bits per heavy atom. The second kappa shape index (κ2) is 7.71. The van der Waals surface area contributed by atoms with Crippen LogP contribution in [0.1, 0.15) is 6.92 Å². The van der Waals surface area contributed by atoms with Crippen LogP contribution in [-0.4, -0.2) is 78.8 Å². The number of halogens is 1. The lowest BCUT2D eigenvalue weighted by Gasteiger charge is -2.36. The Balaban J connectivity index is 1.36. The number of ether oxygens (including phenoxy) is 1. The molecule has 1 aromatic rings. The summed E-state index contributed by atoms with van der Waals surface area (Å²) in [6.45, 7) is 5.61. The van der Waals surface area contributed by atoms with Crippen LogP contribution < -0.4 is 10.1 Å². The van der Waals surface area contributed by atoms with E-state index >= 15 is 0 Å². The zero-order chi connectivity index (χ0) is 19.7. The Labute approximate surface area is 169 Å². The highest BCUT2D eigenvalue weighted by atomic mass is 35.5. The van der Waals surface area contributed by atoms with Gasteiger partial charge < -0.3 is 24.8 Å². The van der Waals surface area contributed by atoms with Crippen LogP contribution in [0.3, 0.4) is 0 Å². The Bertz CT molecular complexity index is 860. The first-order chi connectivity index (χ1) is 13.5. The van der Waals surface area contributed by atoms with Crippen molar-refractivity contribution in [1.82, 2.24) is 14.7 Å². The van der Waals surface area contributed by atoms with Crippen molar-refractivity contribution in [3.05, 3.63) is 35.1 Å². The quantitative estimate of drug-likeness (QED) is 0.843. The lowest BCUT2D eigenvalue weighted by atomic mass is 10.3. The SMILES string of the molecule is COc1ccc(Cl)cc1NC(=O)N1CCN(C2=CC3=N[C@H](C)CN3C=N2)CC1. The van der Waals surface area contributed by atoms with Gasteiger partial charge in [0.2, 0.25) is 0 Å². The second-order valence-electron chi connectivity index (χ2n) is 6.98. The predicted octanol–water partition coefficient (Wildman–Crippen LogP) is 2.48. The van der Waals surface area contributed by atoms with E-state index in [1.54, 1.807) is 30.2 Å². The maximum atomic E-state index is 12.6. The fourth-order valence-corrected chi connectivity index (χ4v) is 3.68. The average molecular weight is 403 g/mol. The Morgan fingerprint density at radius 2 is 2.07 bits per heavy atom. The van der Waals surface area contributed by atoms with Gasteiger partial charge >= 0.3 is 6.03 Å². The Hall–Kier alpha value is -2.74. The molecule has 3 aliphatic rings. The smallest absolute Gasteiger partial charge is 0.322 e. The standard InChI is InChI=1S/C19H23ClN6O2/c1-13-11-26-12-21-17(10-18(26)22-13)24-5-7-25(8-6-24)19(27)23-15-9-14(20)3-4-16(15)28-2/h3-4,9-10,12-13H,5-8,11H2,1-2H3,(H,23,27)/t13-/m1/s1. The van der Waals surface area contributed by atoms with Gasteiger partial charge in [0.25, 0.3) is 0 Å². The topological polar surface area (TPSA) is 72.8 Å². The molecule has 28 heavy (non-hydrogen) atoms. The molecule has 1 saturated heterocycles. The van der Waals surface area contributed by atoms with Gasteiger partial charge in [0, 0.05) is 43.8 Å². The molecule has 4 rings (SSSR count). The second-order valence-corrected chi connectivity index (χ2v) is 7.42. The maximum Gasteiger partial charge on any atom is 0.322 e. The van der Waals surface area contributed by atoms with Crippen LogP contribution >= 0.6 is 11.6 Å². The van der Waals surface area contributed by atoms with Gasteiger partial charge in [0.05, 0.1) is 25.2 Å². The van der Waals surface area contributed by atoms with Gasteiger partial charge in [-0.2, -0.15) is 0 Å². The molecule has 8 nitrogen and oxygen atoms in total. The molecule has 2 amide bonds.